The first kappa shape index (κ1) is 22.4. The van der Waals surface area contributed by atoms with Gasteiger partial charge in [0.2, 0.25) is 16.0 Å². The number of anilines is 3. The third-order valence-corrected chi connectivity index (χ3v) is 6.27. The normalized spacial score (nSPS) is 11.3. The highest BCUT2D eigenvalue weighted by molar-refractivity contribution is 7.89. The van der Waals surface area contributed by atoms with Gasteiger partial charge in [0.05, 0.1) is 10.6 Å². The molecule has 2 aromatic carbocycles. The number of benzene rings is 2. The van der Waals surface area contributed by atoms with Crippen molar-refractivity contribution in [2.24, 2.45) is 0 Å². The Morgan fingerprint density at radius 3 is 2.39 bits per heavy atom. The van der Waals surface area contributed by atoms with Crippen LogP contribution in [0.5, 0.6) is 0 Å². The van der Waals surface area contributed by atoms with Gasteiger partial charge in [-0.05, 0) is 56.3 Å². The first-order valence-electron chi connectivity index (χ1n) is 10.4. The number of rotatable bonds is 9. The van der Waals surface area contributed by atoms with Crippen LogP contribution in [0.4, 0.5) is 17.5 Å². The van der Waals surface area contributed by atoms with Crippen LogP contribution in [0.25, 0.3) is 5.69 Å². The minimum absolute atomic E-state index is 0.182. The van der Waals surface area contributed by atoms with Crippen LogP contribution in [0, 0.1) is 13.8 Å². The molecule has 0 unspecified atom stereocenters. The molecule has 10 heteroatoms. The molecule has 0 radical (unpaired) electrons. The van der Waals surface area contributed by atoms with E-state index in [0.29, 0.717) is 18.3 Å². The average molecular weight is 464 g/mol. The van der Waals surface area contributed by atoms with Crippen LogP contribution in [0.3, 0.4) is 0 Å². The van der Waals surface area contributed by atoms with Gasteiger partial charge in [-0.25, -0.2) is 22.8 Å². The van der Waals surface area contributed by atoms with Gasteiger partial charge in [0.25, 0.3) is 0 Å². The van der Waals surface area contributed by atoms with Crippen molar-refractivity contribution in [2.45, 2.75) is 18.7 Å². The van der Waals surface area contributed by atoms with Crippen LogP contribution in [0.15, 0.2) is 78.0 Å². The number of hydrogen-bond donors (Lipinski definition) is 3. The van der Waals surface area contributed by atoms with Gasteiger partial charge in [0, 0.05) is 42.9 Å². The number of sulfonamides is 1. The fourth-order valence-corrected chi connectivity index (χ4v) is 4.17. The molecule has 33 heavy (non-hydrogen) atoms. The number of nitrogens with zero attached hydrogens (tertiary/aromatic N) is 4. The summed E-state index contributed by atoms with van der Waals surface area (Å²) in [4.78, 5) is 9.02. The second-order valence-corrected chi connectivity index (χ2v) is 9.25. The SMILES string of the molecule is Cc1ccc(Nc2cc(C)nc(NCCNS(=O)(=O)c3ccc(-n4cccn4)cc3)n2)cc1. The van der Waals surface area contributed by atoms with E-state index in [1.807, 2.05) is 44.2 Å². The number of aryl methyl sites for hydroxylation is 2. The van der Waals surface area contributed by atoms with Crippen molar-refractivity contribution >= 4 is 27.5 Å². The summed E-state index contributed by atoms with van der Waals surface area (Å²) < 4.78 is 29.4. The molecule has 0 bridgehead atoms. The van der Waals surface area contributed by atoms with Crippen molar-refractivity contribution in [2.75, 3.05) is 23.7 Å². The Balaban J connectivity index is 1.32. The van der Waals surface area contributed by atoms with Gasteiger partial charge >= 0.3 is 0 Å². The second-order valence-electron chi connectivity index (χ2n) is 7.48. The van der Waals surface area contributed by atoms with Crippen molar-refractivity contribution in [3.63, 3.8) is 0 Å². The van der Waals surface area contributed by atoms with Crippen LogP contribution < -0.4 is 15.4 Å². The van der Waals surface area contributed by atoms with E-state index in [9.17, 15) is 8.42 Å². The number of aromatic nitrogens is 4. The van der Waals surface area contributed by atoms with Gasteiger partial charge in [0.1, 0.15) is 5.82 Å². The van der Waals surface area contributed by atoms with Gasteiger partial charge in [0.15, 0.2) is 0 Å². The highest BCUT2D eigenvalue weighted by Crippen LogP contribution is 2.17. The van der Waals surface area contributed by atoms with E-state index < -0.39 is 10.0 Å². The van der Waals surface area contributed by atoms with Crippen LogP contribution >= 0.6 is 0 Å². The Morgan fingerprint density at radius 1 is 0.939 bits per heavy atom. The zero-order valence-electron chi connectivity index (χ0n) is 18.4. The van der Waals surface area contributed by atoms with E-state index in [0.717, 1.165) is 17.1 Å². The molecule has 0 aliphatic rings. The summed E-state index contributed by atoms with van der Waals surface area (Å²) in [5, 5.41) is 10.5. The summed E-state index contributed by atoms with van der Waals surface area (Å²) in [5.41, 5.74) is 3.68. The molecule has 9 nitrogen and oxygen atoms in total. The maximum atomic E-state index is 12.6. The molecule has 0 spiro atoms. The molecule has 0 amide bonds. The predicted molar refractivity (Wildman–Crippen MR) is 128 cm³/mol. The van der Waals surface area contributed by atoms with E-state index in [4.69, 9.17) is 0 Å². The summed E-state index contributed by atoms with van der Waals surface area (Å²) in [6.45, 7) is 4.42. The molecule has 2 heterocycles. The first-order chi connectivity index (χ1) is 15.9. The van der Waals surface area contributed by atoms with Gasteiger partial charge in [-0.2, -0.15) is 10.1 Å². The van der Waals surface area contributed by atoms with E-state index in [1.165, 1.54) is 5.56 Å². The summed E-state index contributed by atoms with van der Waals surface area (Å²) in [5.74, 6) is 1.08. The van der Waals surface area contributed by atoms with E-state index in [1.54, 1.807) is 47.4 Å². The molecule has 0 saturated carbocycles. The van der Waals surface area contributed by atoms with Crippen LogP contribution in [-0.4, -0.2) is 41.3 Å². The molecule has 2 aromatic heterocycles. The summed E-state index contributed by atoms with van der Waals surface area (Å²) in [6, 6.07) is 18.2. The molecule has 4 rings (SSSR count). The standard InChI is InChI=1S/C23H25N7O2S/c1-17-4-6-19(7-5-17)28-22-16-18(2)27-23(29-22)24-13-14-26-33(31,32)21-10-8-20(9-11-21)30-15-3-12-25-30/h3-12,15-16,26H,13-14H2,1-2H3,(H2,24,27,28,29). The maximum Gasteiger partial charge on any atom is 0.240 e. The maximum absolute atomic E-state index is 12.6. The molecule has 0 aliphatic carbocycles. The molecule has 0 aliphatic heterocycles. The lowest BCUT2D eigenvalue weighted by Crippen LogP contribution is -2.29. The van der Waals surface area contributed by atoms with Crippen molar-refractivity contribution in [3.05, 3.63) is 84.3 Å². The highest BCUT2D eigenvalue weighted by Gasteiger charge is 2.13. The molecule has 0 saturated heterocycles. The molecule has 0 fully saturated rings. The Morgan fingerprint density at radius 2 is 1.70 bits per heavy atom. The summed E-state index contributed by atoms with van der Waals surface area (Å²) in [6.07, 6.45) is 3.46. The predicted octanol–water partition coefficient (Wildman–Crippen LogP) is 3.41. The minimum Gasteiger partial charge on any atom is -0.353 e. The van der Waals surface area contributed by atoms with E-state index in [2.05, 4.69) is 30.4 Å². The van der Waals surface area contributed by atoms with Crippen molar-refractivity contribution in [1.82, 2.24) is 24.5 Å². The smallest absolute Gasteiger partial charge is 0.240 e. The molecule has 4 aromatic rings. The zero-order chi connectivity index (χ0) is 23.3. The third-order valence-electron chi connectivity index (χ3n) is 4.79. The van der Waals surface area contributed by atoms with Crippen LogP contribution in [-0.2, 0) is 10.0 Å². The first-order valence-corrected chi connectivity index (χ1v) is 11.9. The van der Waals surface area contributed by atoms with Crippen LogP contribution in [0.1, 0.15) is 11.3 Å². The quantitative estimate of drug-likeness (QED) is 0.326. The Kier molecular flexibility index (Phi) is 6.66. The summed E-state index contributed by atoms with van der Waals surface area (Å²) in [7, 11) is -3.63. The van der Waals surface area contributed by atoms with Crippen molar-refractivity contribution < 1.29 is 8.42 Å². The van der Waals surface area contributed by atoms with E-state index in [-0.39, 0.29) is 11.4 Å². The van der Waals surface area contributed by atoms with Crippen molar-refractivity contribution in [1.29, 1.82) is 0 Å². The van der Waals surface area contributed by atoms with Crippen molar-refractivity contribution in [3.8, 4) is 5.69 Å². The molecule has 3 N–H and O–H groups in total. The zero-order valence-corrected chi connectivity index (χ0v) is 19.2. The van der Waals surface area contributed by atoms with Gasteiger partial charge < -0.3 is 10.6 Å². The highest BCUT2D eigenvalue weighted by atomic mass is 32.2. The lowest BCUT2D eigenvalue weighted by Gasteiger charge is -2.11. The van der Waals surface area contributed by atoms with E-state index >= 15 is 0 Å². The lowest BCUT2D eigenvalue weighted by atomic mass is 10.2. The van der Waals surface area contributed by atoms with Gasteiger partial charge in [-0.15, -0.1) is 0 Å². The number of nitrogens with one attached hydrogen (secondary N) is 3. The molecule has 0 atom stereocenters. The van der Waals surface area contributed by atoms with Gasteiger partial charge in [-0.1, -0.05) is 17.7 Å². The molecular weight excluding hydrogens is 438 g/mol. The Bertz CT molecular complexity index is 1300. The minimum atomic E-state index is -3.63. The topological polar surface area (TPSA) is 114 Å². The summed E-state index contributed by atoms with van der Waals surface area (Å²) >= 11 is 0. The Labute approximate surface area is 193 Å². The number of hydrogen-bond acceptors (Lipinski definition) is 7. The largest absolute Gasteiger partial charge is 0.353 e. The Hall–Kier alpha value is -3.76. The second kappa shape index (κ2) is 9.80. The van der Waals surface area contributed by atoms with Gasteiger partial charge in [-0.3, -0.25) is 0 Å². The molecular formula is C23H25N7O2S. The molecule has 170 valence electrons. The third kappa shape index (κ3) is 5.93. The lowest BCUT2D eigenvalue weighted by molar-refractivity contribution is 0.583. The van der Waals surface area contributed by atoms with Crippen LogP contribution in [0.2, 0.25) is 0 Å². The average Bonchev–Trinajstić information content (AvgIpc) is 3.33. The monoisotopic (exact) mass is 463 g/mol. The fraction of sp³-hybridized carbons (Fsp3) is 0.174. The fourth-order valence-electron chi connectivity index (χ4n) is 3.14.